The molecular formula is C29H35F3N4O6S. The first-order valence-corrected chi connectivity index (χ1v) is 15.5. The average Bonchev–Trinajstić information content (AvgIpc) is 3.41. The first kappa shape index (κ1) is 32.5. The average molecular weight is 625 g/mol. The zero-order valence-corrected chi connectivity index (χ0v) is 24.5. The van der Waals surface area contributed by atoms with Crippen molar-refractivity contribution in [3.63, 3.8) is 0 Å². The Morgan fingerprint density at radius 3 is 2.30 bits per heavy atom. The molecular weight excluding hydrogens is 589 g/mol. The van der Waals surface area contributed by atoms with Gasteiger partial charge in [0.15, 0.2) is 0 Å². The van der Waals surface area contributed by atoms with E-state index < -0.39 is 28.1 Å². The van der Waals surface area contributed by atoms with Gasteiger partial charge in [-0.05, 0) is 66.1 Å². The number of nitrogens with zero attached hydrogens (tertiary/aromatic N) is 2. The lowest BCUT2D eigenvalue weighted by atomic mass is 9.88. The number of H-pyrrole nitrogens is 1. The summed E-state index contributed by atoms with van der Waals surface area (Å²) in [5.41, 5.74) is 11.3. The quantitative estimate of drug-likeness (QED) is 0.361. The lowest BCUT2D eigenvalue weighted by Gasteiger charge is -2.31. The minimum absolute atomic E-state index is 0.126. The van der Waals surface area contributed by atoms with Crippen LogP contribution >= 0.6 is 0 Å². The van der Waals surface area contributed by atoms with Gasteiger partial charge in [-0.15, -0.1) is 0 Å². The molecule has 2 aromatic carbocycles. The second-order valence-corrected chi connectivity index (χ2v) is 12.8. The maximum absolute atomic E-state index is 12.4. The lowest BCUT2D eigenvalue weighted by Crippen LogP contribution is -2.38. The van der Waals surface area contributed by atoms with E-state index in [1.165, 1.54) is 5.56 Å². The highest BCUT2D eigenvalue weighted by atomic mass is 32.2. The van der Waals surface area contributed by atoms with Gasteiger partial charge in [0.1, 0.15) is 0 Å². The third-order valence-electron chi connectivity index (χ3n) is 7.75. The Bertz CT molecular complexity index is 1560. The highest BCUT2D eigenvalue weighted by Gasteiger charge is 2.38. The number of hydrogen-bond donors (Lipinski definition) is 3. The van der Waals surface area contributed by atoms with E-state index in [2.05, 4.69) is 40.2 Å². The molecule has 3 heterocycles. The number of piperidine rings is 1. The minimum Gasteiger partial charge on any atom is -0.475 e. The Kier molecular flexibility index (Phi) is 10.2. The number of morpholine rings is 1. The molecule has 5 rings (SSSR count). The number of hydrogen-bond acceptors (Lipinski definition) is 6. The van der Waals surface area contributed by atoms with Crippen molar-refractivity contribution in [1.29, 1.82) is 0 Å². The molecule has 0 atom stereocenters. The van der Waals surface area contributed by atoms with Gasteiger partial charge in [-0.2, -0.15) is 13.2 Å². The molecule has 14 heteroatoms. The summed E-state index contributed by atoms with van der Waals surface area (Å²) in [4.78, 5) is 27.0. The molecule has 4 N–H and O–H groups in total. The van der Waals surface area contributed by atoms with Crippen molar-refractivity contribution in [2.45, 2.75) is 38.4 Å². The van der Waals surface area contributed by atoms with Crippen LogP contribution in [0.5, 0.6) is 0 Å². The fourth-order valence-corrected chi connectivity index (χ4v) is 6.58. The van der Waals surface area contributed by atoms with Gasteiger partial charge < -0.3 is 20.6 Å². The second kappa shape index (κ2) is 13.5. The molecule has 0 saturated carbocycles. The molecule has 0 spiro atoms. The van der Waals surface area contributed by atoms with Crippen LogP contribution in [-0.2, 0) is 26.1 Å². The number of aliphatic carboxylic acids is 1. The minimum atomic E-state index is -5.08. The number of primary amides is 1. The Morgan fingerprint density at radius 2 is 1.72 bits per heavy atom. The Morgan fingerprint density at radius 1 is 1.07 bits per heavy atom. The number of ether oxygens (including phenoxy) is 1. The maximum atomic E-state index is 12.4. The number of carboxylic acid groups (broad SMARTS) is 1. The largest absolute Gasteiger partial charge is 0.490 e. The second-order valence-electron chi connectivity index (χ2n) is 10.5. The summed E-state index contributed by atoms with van der Waals surface area (Å²) in [6.07, 6.45) is -1.63. The number of rotatable bonds is 7. The molecule has 0 bridgehead atoms. The fraction of sp³-hybridized carbons (Fsp3) is 0.448. The fourth-order valence-electron chi connectivity index (χ4n) is 5.45. The first-order chi connectivity index (χ1) is 20.3. The third-order valence-corrected chi connectivity index (χ3v) is 9.63. The molecule has 2 saturated heterocycles. The number of aromatic nitrogens is 1. The van der Waals surface area contributed by atoms with Gasteiger partial charge in [0.2, 0.25) is 10.0 Å². The Hall–Kier alpha value is -3.46. The normalized spacial score (nSPS) is 17.4. The summed E-state index contributed by atoms with van der Waals surface area (Å²) in [5.74, 6) is -2.89. The number of alkyl halides is 3. The van der Waals surface area contributed by atoms with Crippen molar-refractivity contribution in [2.24, 2.45) is 5.73 Å². The van der Waals surface area contributed by atoms with Crippen LogP contribution in [0, 0.1) is 0 Å². The van der Waals surface area contributed by atoms with Gasteiger partial charge in [-0.25, -0.2) is 17.5 Å². The SMILES string of the molecule is CCS(=O)(=O)N1CCC(c2c[nH]c3c(C(N)=O)cc(-c4cccc(CN5CCOCC5)c4)cc23)CC1.O=C(O)C(F)(F)F. The van der Waals surface area contributed by atoms with Crippen LogP contribution in [0.3, 0.4) is 0 Å². The number of carboxylic acids is 1. The molecule has 0 aliphatic carbocycles. The van der Waals surface area contributed by atoms with Crippen molar-refractivity contribution in [1.82, 2.24) is 14.2 Å². The first-order valence-electron chi connectivity index (χ1n) is 13.9. The number of sulfonamides is 1. The van der Waals surface area contributed by atoms with Crippen molar-refractivity contribution in [2.75, 3.05) is 45.1 Å². The Balaban J connectivity index is 0.000000541. The van der Waals surface area contributed by atoms with Crippen molar-refractivity contribution >= 4 is 32.8 Å². The van der Waals surface area contributed by atoms with Crippen LogP contribution in [0.1, 0.15) is 47.2 Å². The van der Waals surface area contributed by atoms with E-state index in [4.69, 9.17) is 20.4 Å². The summed E-state index contributed by atoms with van der Waals surface area (Å²) in [7, 11) is -3.18. The zero-order chi connectivity index (χ0) is 31.4. The highest BCUT2D eigenvalue weighted by molar-refractivity contribution is 7.89. The molecule has 1 amide bonds. The van der Waals surface area contributed by atoms with Crippen LogP contribution in [0.25, 0.3) is 22.0 Å². The van der Waals surface area contributed by atoms with Crippen LogP contribution in [0.15, 0.2) is 42.6 Å². The molecule has 0 radical (unpaired) electrons. The molecule has 0 unspecified atom stereocenters. The van der Waals surface area contributed by atoms with Crippen LogP contribution in [-0.4, -0.2) is 90.9 Å². The van der Waals surface area contributed by atoms with Gasteiger partial charge >= 0.3 is 12.1 Å². The third kappa shape index (κ3) is 7.93. The zero-order valence-electron chi connectivity index (χ0n) is 23.7. The van der Waals surface area contributed by atoms with Gasteiger partial charge in [-0.1, -0.05) is 18.2 Å². The van der Waals surface area contributed by atoms with Gasteiger partial charge in [-0.3, -0.25) is 9.69 Å². The predicted octanol–water partition coefficient (Wildman–Crippen LogP) is 3.93. The van der Waals surface area contributed by atoms with E-state index in [0.717, 1.165) is 73.3 Å². The molecule has 1 aromatic heterocycles. The lowest BCUT2D eigenvalue weighted by molar-refractivity contribution is -0.192. The number of carbonyl (C=O) groups excluding carboxylic acids is 1. The number of nitrogens with one attached hydrogen (secondary N) is 1. The summed E-state index contributed by atoms with van der Waals surface area (Å²) < 4.78 is 63.4. The van der Waals surface area contributed by atoms with Crippen molar-refractivity contribution in [3.8, 4) is 11.1 Å². The topological polar surface area (TPSA) is 146 Å². The number of fused-ring (bicyclic) bond motifs is 1. The van der Waals surface area contributed by atoms with Gasteiger partial charge in [0, 0.05) is 44.3 Å². The van der Waals surface area contributed by atoms with Crippen LogP contribution in [0.4, 0.5) is 13.2 Å². The summed E-state index contributed by atoms with van der Waals surface area (Å²) in [6.45, 7) is 6.94. The number of halogens is 3. The van der Waals surface area contributed by atoms with E-state index in [0.29, 0.717) is 18.7 Å². The van der Waals surface area contributed by atoms with E-state index in [1.54, 1.807) is 11.2 Å². The molecule has 3 aromatic rings. The van der Waals surface area contributed by atoms with Gasteiger partial charge in [0.05, 0.1) is 30.0 Å². The summed E-state index contributed by atoms with van der Waals surface area (Å²) in [5, 5.41) is 8.11. The number of aromatic amines is 1. The molecule has 2 fully saturated rings. The monoisotopic (exact) mass is 624 g/mol. The number of amides is 1. The van der Waals surface area contributed by atoms with E-state index >= 15 is 0 Å². The molecule has 10 nitrogen and oxygen atoms in total. The summed E-state index contributed by atoms with van der Waals surface area (Å²) in [6, 6.07) is 12.4. The molecule has 234 valence electrons. The standard InChI is InChI=1S/C27H34N4O4S.C2HF3O2/c1-2-36(33,34)31-8-6-20(7-9-31)25-17-29-26-23(25)15-22(16-24(26)27(28)32)21-5-3-4-19(14-21)18-30-10-12-35-13-11-30;3-2(4,5)1(6)7/h3-5,14-17,20,29H,2,6-13,18H2,1H3,(H2,28,32);(H,6,7). The number of benzene rings is 2. The van der Waals surface area contributed by atoms with Crippen LogP contribution in [0.2, 0.25) is 0 Å². The number of carbonyl (C=O) groups is 2. The van der Waals surface area contributed by atoms with E-state index in [1.807, 2.05) is 12.3 Å². The van der Waals surface area contributed by atoms with Crippen molar-refractivity contribution in [3.05, 3.63) is 59.3 Å². The smallest absolute Gasteiger partial charge is 0.475 e. The Labute approximate surface area is 247 Å². The van der Waals surface area contributed by atoms with E-state index in [9.17, 15) is 26.4 Å². The highest BCUT2D eigenvalue weighted by Crippen LogP contribution is 2.37. The summed E-state index contributed by atoms with van der Waals surface area (Å²) >= 11 is 0. The maximum Gasteiger partial charge on any atom is 0.490 e. The van der Waals surface area contributed by atoms with Crippen LogP contribution < -0.4 is 5.73 Å². The molecule has 2 aliphatic heterocycles. The van der Waals surface area contributed by atoms with E-state index in [-0.39, 0.29) is 11.7 Å². The predicted molar refractivity (Wildman–Crippen MR) is 155 cm³/mol. The number of nitrogens with two attached hydrogens (primary N) is 1. The van der Waals surface area contributed by atoms with Gasteiger partial charge in [0.25, 0.3) is 5.91 Å². The van der Waals surface area contributed by atoms with Crippen molar-refractivity contribution < 1.29 is 41.0 Å². The molecule has 43 heavy (non-hydrogen) atoms. The molecule has 2 aliphatic rings.